The van der Waals surface area contributed by atoms with Gasteiger partial charge in [-0.25, -0.2) is 0 Å². The van der Waals surface area contributed by atoms with E-state index in [1.165, 1.54) is 59.5 Å². The molecule has 2 aliphatic heterocycles. The largest absolute Gasteiger partial charge is 0.310 e. The van der Waals surface area contributed by atoms with Gasteiger partial charge in [0.2, 0.25) is 0 Å². The quantitative estimate of drug-likeness (QED) is 0.0575. The fourth-order valence-corrected chi connectivity index (χ4v) is 19.4. The SMILES string of the molecule is c1ccc(-c2ccc(N(c3ccc(-c4ccccc4)cc3)c3cc4c5c(c3)N(c3c(-c6ccccc6)cc(-c6ccccc6)cc3-c3ccccc3)c3cc(-c6cc7cccc8c9cccc%10cccc(c(c6)c78)c%109)ccc3B5c3cc(-c5ccccc5)ccc3N4c3c(-c4ccccc4)cc(-c4ccccc4)cc3-c3ccccc3)cc2)cc1. The van der Waals surface area contributed by atoms with Crippen molar-refractivity contribution >= 4 is 117 Å². The second-order valence-corrected chi connectivity index (χ2v) is 31.7. The van der Waals surface area contributed by atoms with Crippen LogP contribution in [0.2, 0.25) is 0 Å². The Morgan fingerprint density at radius 3 is 0.908 bits per heavy atom. The minimum atomic E-state index is -0.342. The summed E-state index contributed by atoms with van der Waals surface area (Å²) in [5, 5.41) is 10.1. The molecule has 0 aromatic heterocycles. The summed E-state index contributed by atoms with van der Waals surface area (Å²) in [4.78, 5) is 7.94. The van der Waals surface area contributed by atoms with Gasteiger partial charge in [0.15, 0.2) is 0 Å². The van der Waals surface area contributed by atoms with Gasteiger partial charge in [0, 0.05) is 56.4 Å². The van der Waals surface area contributed by atoms with E-state index in [-0.39, 0.29) is 6.71 Å². The van der Waals surface area contributed by atoms with Crippen LogP contribution in [0.4, 0.5) is 51.2 Å². The lowest BCUT2D eigenvalue weighted by Crippen LogP contribution is -2.61. The Morgan fingerprint density at radius 2 is 0.492 bits per heavy atom. The number of nitrogens with zero attached hydrogens (tertiary/aromatic N) is 3. The molecule has 0 radical (unpaired) electrons. The van der Waals surface area contributed by atoms with E-state index in [9.17, 15) is 0 Å². The lowest BCUT2D eigenvalue weighted by molar-refractivity contribution is 1.23. The number of benzene rings is 21. The minimum Gasteiger partial charge on any atom is -0.310 e. The lowest BCUT2D eigenvalue weighted by atomic mass is 9.33. The molecule has 0 aliphatic carbocycles. The van der Waals surface area contributed by atoms with Crippen molar-refractivity contribution in [2.45, 2.75) is 0 Å². The molecule has 3 nitrogen and oxygen atoms in total. The van der Waals surface area contributed by atoms with Crippen LogP contribution in [0.1, 0.15) is 0 Å². The van der Waals surface area contributed by atoms with E-state index in [1.807, 2.05) is 0 Å². The van der Waals surface area contributed by atoms with Gasteiger partial charge in [-0.2, -0.15) is 0 Å². The number of hydrogen-bond acceptors (Lipinski definition) is 3. The predicted molar refractivity (Wildman–Crippen MR) is 511 cm³/mol. The summed E-state index contributed by atoms with van der Waals surface area (Å²) in [7, 11) is 0. The lowest BCUT2D eigenvalue weighted by Gasteiger charge is -2.46. The van der Waals surface area contributed by atoms with Gasteiger partial charge in [0.25, 0.3) is 6.71 Å². The molecule has 0 N–H and O–H groups in total. The number of rotatable bonds is 15. The van der Waals surface area contributed by atoms with E-state index in [1.54, 1.807) is 0 Å². The molecular weight excluding hydrogens is 1450 g/mol. The number of fused-ring (bicyclic) bond motifs is 6. The van der Waals surface area contributed by atoms with Crippen LogP contribution in [0.25, 0.3) is 154 Å². The van der Waals surface area contributed by atoms with Crippen molar-refractivity contribution in [3.8, 4) is 111 Å². The molecule has 0 bridgehead atoms. The first-order valence-corrected chi connectivity index (χ1v) is 41.5. The molecule has 2 heterocycles. The second-order valence-electron chi connectivity index (χ2n) is 31.7. The van der Waals surface area contributed by atoms with E-state index in [2.05, 4.69) is 476 Å². The molecule has 0 unspecified atom stereocenters. The number of anilines is 9. The Hall–Kier alpha value is -15.6. The monoisotopic (exact) mass is 1520 g/mol. The van der Waals surface area contributed by atoms with Crippen LogP contribution in [0.5, 0.6) is 0 Å². The first-order valence-electron chi connectivity index (χ1n) is 41.5. The predicted octanol–water partition coefficient (Wildman–Crippen LogP) is 30.0. The highest BCUT2D eigenvalue weighted by atomic mass is 15.2. The first kappa shape index (κ1) is 69.8. The van der Waals surface area contributed by atoms with Crippen molar-refractivity contribution in [3.63, 3.8) is 0 Å². The molecule has 0 atom stereocenters. The van der Waals surface area contributed by atoms with Crippen LogP contribution >= 0.6 is 0 Å². The van der Waals surface area contributed by atoms with Crippen molar-refractivity contribution in [2.75, 3.05) is 14.7 Å². The molecule has 0 spiro atoms. The Bertz CT molecular complexity index is 7250. The average molecular weight is 1520 g/mol. The zero-order valence-corrected chi connectivity index (χ0v) is 65.8. The Morgan fingerprint density at radius 1 is 0.175 bits per heavy atom. The fourth-order valence-electron chi connectivity index (χ4n) is 19.4. The van der Waals surface area contributed by atoms with Crippen LogP contribution in [0, 0.1) is 0 Å². The molecule has 23 rings (SSSR count). The molecule has 0 saturated heterocycles. The van der Waals surface area contributed by atoms with Crippen molar-refractivity contribution in [2.24, 2.45) is 0 Å². The van der Waals surface area contributed by atoms with Gasteiger partial charge in [-0.15, -0.1) is 0 Å². The Labute approximate surface area is 699 Å². The maximum Gasteiger partial charge on any atom is 0.252 e. The summed E-state index contributed by atoms with van der Waals surface area (Å²) in [5.41, 5.74) is 35.5. The van der Waals surface area contributed by atoms with Gasteiger partial charge >= 0.3 is 0 Å². The first-order chi connectivity index (χ1) is 59.5. The van der Waals surface area contributed by atoms with Gasteiger partial charge in [-0.1, -0.05) is 376 Å². The Kier molecular flexibility index (Phi) is 17.0. The highest BCUT2D eigenvalue weighted by molar-refractivity contribution is 7.00. The standard InChI is InChI=1S/C116H76BN3/c1-10-31-77(32-11-1)82-55-61-95(62-56-82)118(96-63-57-83(58-64-96)78-33-12-2-13-34-78)97-75-110-114-111(76-97)120(116-103(86-45-24-8-25-46-86)70-94(81-39-18-5-19-40-81)71-104(116)87-47-26-9-27-48-87)109-74-90(92-67-91-51-30-53-99-98-52-28-49-88-50-29-54-100(112(88)98)105(72-92)113(91)99)59-65-106(109)117(114)107-73-89(79-35-14-3-15-36-79)60-66-108(107)119(110)115-101(84-41-20-6-21-42-84)68-93(80-37-16-4-17-38-80)69-102(115)85-43-22-7-23-44-85/h1-76H. The van der Waals surface area contributed by atoms with Crippen LogP contribution in [0.15, 0.2) is 461 Å². The van der Waals surface area contributed by atoms with E-state index in [4.69, 9.17) is 0 Å². The van der Waals surface area contributed by atoms with Gasteiger partial charge in [-0.05, 0) is 233 Å². The van der Waals surface area contributed by atoms with Gasteiger partial charge < -0.3 is 14.7 Å². The molecule has 0 saturated carbocycles. The highest BCUT2D eigenvalue weighted by Gasteiger charge is 2.46. The maximum absolute atomic E-state index is 2.73. The van der Waals surface area contributed by atoms with Crippen LogP contribution in [-0.2, 0) is 0 Å². The Balaban J connectivity index is 0.899. The van der Waals surface area contributed by atoms with Gasteiger partial charge in [0.1, 0.15) is 0 Å². The van der Waals surface area contributed by atoms with Gasteiger partial charge in [0.05, 0.1) is 17.1 Å². The third-order valence-corrected chi connectivity index (χ3v) is 24.9. The topological polar surface area (TPSA) is 9.72 Å². The normalized spacial score (nSPS) is 12.1. The third kappa shape index (κ3) is 12.0. The summed E-state index contributed by atoms with van der Waals surface area (Å²) in [6.45, 7) is -0.342. The molecule has 21 aromatic carbocycles. The van der Waals surface area contributed by atoms with Crippen molar-refractivity contribution < 1.29 is 0 Å². The highest BCUT2D eigenvalue weighted by Crippen LogP contribution is 2.57. The van der Waals surface area contributed by atoms with E-state index in [0.29, 0.717) is 0 Å². The molecule has 0 amide bonds. The molecule has 120 heavy (non-hydrogen) atoms. The molecule has 4 heteroatoms. The van der Waals surface area contributed by atoms with E-state index in [0.717, 1.165) is 162 Å². The second kappa shape index (κ2) is 29.3. The van der Waals surface area contributed by atoms with Crippen LogP contribution < -0.4 is 31.1 Å². The van der Waals surface area contributed by atoms with E-state index < -0.39 is 0 Å². The van der Waals surface area contributed by atoms with Crippen molar-refractivity contribution in [1.82, 2.24) is 0 Å². The van der Waals surface area contributed by atoms with Gasteiger partial charge in [-0.3, -0.25) is 0 Å². The molecule has 0 fully saturated rings. The molecule has 558 valence electrons. The third-order valence-electron chi connectivity index (χ3n) is 24.9. The van der Waals surface area contributed by atoms with Crippen LogP contribution in [0.3, 0.4) is 0 Å². The summed E-state index contributed by atoms with van der Waals surface area (Å²) in [6, 6.07) is 173. The molecule has 21 aromatic rings. The maximum atomic E-state index is 2.73. The molecule has 2 aliphatic rings. The number of hydrogen-bond donors (Lipinski definition) is 0. The van der Waals surface area contributed by atoms with E-state index >= 15 is 0 Å². The van der Waals surface area contributed by atoms with Crippen molar-refractivity contribution in [1.29, 1.82) is 0 Å². The summed E-state index contributed by atoms with van der Waals surface area (Å²) >= 11 is 0. The minimum absolute atomic E-state index is 0.342. The van der Waals surface area contributed by atoms with Crippen molar-refractivity contribution in [3.05, 3.63) is 461 Å². The average Bonchev–Trinajstić information content (AvgIpc) is 0.681. The zero-order valence-electron chi connectivity index (χ0n) is 65.8. The summed E-state index contributed by atoms with van der Waals surface area (Å²) in [5.74, 6) is 0. The van der Waals surface area contributed by atoms with Crippen LogP contribution in [-0.4, -0.2) is 6.71 Å². The zero-order chi connectivity index (χ0) is 79.1. The summed E-state index contributed by atoms with van der Waals surface area (Å²) in [6.07, 6.45) is 0. The smallest absolute Gasteiger partial charge is 0.252 e. The molecular formula is C116H76BN3. The fraction of sp³-hybridized carbons (Fsp3) is 0. The summed E-state index contributed by atoms with van der Waals surface area (Å²) < 4.78 is 0.